The maximum absolute atomic E-state index is 12.0. The smallest absolute Gasteiger partial charge is 0.254 e. The molecule has 132 valence electrons. The third-order valence-electron chi connectivity index (χ3n) is 5.20. The summed E-state index contributed by atoms with van der Waals surface area (Å²) in [5, 5.41) is 3.88. The lowest BCUT2D eigenvalue weighted by Gasteiger charge is -2.38. The number of nitrogens with zero attached hydrogens (tertiary/aromatic N) is 1. The number of halogens is 1. The Morgan fingerprint density at radius 1 is 1.25 bits per heavy atom. The van der Waals surface area contributed by atoms with Crippen molar-refractivity contribution in [3.05, 3.63) is 28.8 Å². The fourth-order valence-electron chi connectivity index (χ4n) is 3.73. The normalized spacial score (nSPS) is 24.3. The summed E-state index contributed by atoms with van der Waals surface area (Å²) in [6.45, 7) is 2.35. The van der Waals surface area contributed by atoms with E-state index in [0.29, 0.717) is 16.7 Å². The van der Waals surface area contributed by atoms with Crippen LogP contribution in [0.1, 0.15) is 42.5 Å². The molecule has 5 heteroatoms. The van der Waals surface area contributed by atoms with Crippen molar-refractivity contribution < 1.29 is 9.53 Å². The highest BCUT2D eigenvalue weighted by Gasteiger charge is 2.33. The van der Waals surface area contributed by atoms with E-state index in [2.05, 4.69) is 5.32 Å². The maximum Gasteiger partial charge on any atom is 0.254 e. The standard InChI is InChI=1S/C19H27ClN2O2/c1-22(2)19(23)17-4-3-15(12-18(17)20)24-16-10-14(11-16)9-13-5-7-21-8-6-13/h3-4,12-14,16,21H,5-11H2,1-2H3/t14-,16-. The van der Waals surface area contributed by atoms with E-state index in [4.69, 9.17) is 16.3 Å². The van der Waals surface area contributed by atoms with E-state index in [1.165, 1.54) is 37.3 Å². The van der Waals surface area contributed by atoms with E-state index in [1.54, 1.807) is 26.2 Å². The third-order valence-corrected chi connectivity index (χ3v) is 5.51. The van der Waals surface area contributed by atoms with Crippen LogP contribution in [0.3, 0.4) is 0 Å². The number of amides is 1. The summed E-state index contributed by atoms with van der Waals surface area (Å²) >= 11 is 6.24. The van der Waals surface area contributed by atoms with Crippen molar-refractivity contribution in [3.63, 3.8) is 0 Å². The zero-order valence-electron chi connectivity index (χ0n) is 14.6. The minimum absolute atomic E-state index is 0.0859. The van der Waals surface area contributed by atoms with E-state index >= 15 is 0 Å². The first-order valence-electron chi connectivity index (χ1n) is 8.91. The Labute approximate surface area is 149 Å². The molecule has 0 atom stereocenters. The van der Waals surface area contributed by atoms with Gasteiger partial charge in [-0.05, 0) is 75.2 Å². The molecule has 1 aliphatic heterocycles. The Bertz CT molecular complexity index is 579. The second kappa shape index (κ2) is 7.75. The van der Waals surface area contributed by atoms with Crippen LogP contribution in [0.15, 0.2) is 18.2 Å². The summed E-state index contributed by atoms with van der Waals surface area (Å²) in [4.78, 5) is 13.5. The average molecular weight is 351 g/mol. The van der Waals surface area contributed by atoms with Gasteiger partial charge in [-0.3, -0.25) is 4.79 Å². The Morgan fingerprint density at radius 3 is 2.58 bits per heavy atom. The molecule has 0 spiro atoms. The van der Waals surface area contributed by atoms with Gasteiger partial charge in [0.05, 0.1) is 16.7 Å². The third kappa shape index (κ3) is 4.22. The van der Waals surface area contributed by atoms with Crippen LogP contribution in [-0.2, 0) is 0 Å². The van der Waals surface area contributed by atoms with Crippen LogP contribution in [0.5, 0.6) is 5.75 Å². The molecule has 0 radical (unpaired) electrons. The number of hydrogen-bond acceptors (Lipinski definition) is 3. The van der Waals surface area contributed by atoms with Crippen LogP contribution >= 0.6 is 11.6 Å². The zero-order chi connectivity index (χ0) is 17.1. The second-order valence-corrected chi connectivity index (χ2v) is 7.75. The second-order valence-electron chi connectivity index (χ2n) is 7.35. The first kappa shape index (κ1) is 17.6. The Kier molecular flexibility index (Phi) is 5.67. The van der Waals surface area contributed by atoms with Gasteiger partial charge in [-0.15, -0.1) is 0 Å². The Morgan fingerprint density at radius 2 is 1.96 bits per heavy atom. The molecule has 1 aromatic rings. The molecule has 1 saturated heterocycles. The molecule has 1 aliphatic carbocycles. The maximum atomic E-state index is 12.0. The monoisotopic (exact) mass is 350 g/mol. The number of carbonyl (C=O) groups excluding carboxylic acids is 1. The minimum Gasteiger partial charge on any atom is -0.490 e. The van der Waals surface area contributed by atoms with Crippen LogP contribution < -0.4 is 10.1 Å². The summed E-state index contributed by atoms with van der Waals surface area (Å²) in [5.41, 5.74) is 0.520. The van der Waals surface area contributed by atoms with Gasteiger partial charge in [0.15, 0.2) is 0 Å². The van der Waals surface area contributed by atoms with Gasteiger partial charge in [-0.2, -0.15) is 0 Å². The Balaban J connectivity index is 1.47. The lowest BCUT2D eigenvalue weighted by molar-refractivity contribution is 0.0490. The van der Waals surface area contributed by atoms with E-state index in [9.17, 15) is 4.79 Å². The molecule has 2 aliphatic rings. The highest BCUT2D eigenvalue weighted by atomic mass is 35.5. The van der Waals surface area contributed by atoms with Crippen LogP contribution in [0, 0.1) is 11.8 Å². The predicted molar refractivity (Wildman–Crippen MR) is 96.8 cm³/mol. The van der Waals surface area contributed by atoms with Crippen molar-refractivity contribution in [2.75, 3.05) is 27.2 Å². The molecule has 1 saturated carbocycles. The highest BCUT2D eigenvalue weighted by molar-refractivity contribution is 6.34. The Hall–Kier alpha value is -1.26. The summed E-state index contributed by atoms with van der Waals surface area (Å²) in [6, 6.07) is 5.37. The van der Waals surface area contributed by atoms with Gasteiger partial charge in [-0.1, -0.05) is 11.6 Å². The molecule has 1 amide bonds. The molecule has 4 nitrogen and oxygen atoms in total. The van der Waals surface area contributed by atoms with Crippen LogP contribution in [0.25, 0.3) is 0 Å². The van der Waals surface area contributed by atoms with Gasteiger partial charge in [0.1, 0.15) is 5.75 Å². The van der Waals surface area contributed by atoms with Crippen molar-refractivity contribution in [1.29, 1.82) is 0 Å². The van der Waals surface area contributed by atoms with Crippen LogP contribution in [-0.4, -0.2) is 44.1 Å². The van der Waals surface area contributed by atoms with Gasteiger partial charge in [0.2, 0.25) is 0 Å². The molecule has 24 heavy (non-hydrogen) atoms. The number of piperidine rings is 1. The number of benzene rings is 1. The fourth-order valence-corrected chi connectivity index (χ4v) is 3.98. The lowest BCUT2D eigenvalue weighted by Crippen LogP contribution is -2.36. The number of rotatable bonds is 5. The molecule has 1 N–H and O–H groups in total. The van der Waals surface area contributed by atoms with E-state index in [1.807, 2.05) is 6.07 Å². The lowest BCUT2D eigenvalue weighted by atomic mass is 9.75. The van der Waals surface area contributed by atoms with Crippen molar-refractivity contribution in [1.82, 2.24) is 10.2 Å². The highest BCUT2D eigenvalue weighted by Crippen LogP contribution is 2.38. The van der Waals surface area contributed by atoms with Gasteiger partial charge in [-0.25, -0.2) is 0 Å². The summed E-state index contributed by atoms with van der Waals surface area (Å²) < 4.78 is 6.02. The average Bonchev–Trinajstić information content (AvgIpc) is 2.53. The first-order valence-corrected chi connectivity index (χ1v) is 9.29. The summed E-state index contributed by atoms with van der Waals surface area (Å²) in [6.07, 6.45) is 6.55. The van der Waals surface area contributed by atoms with E-state index in [0.717, 1.165) is 30.4 Å². The molecule has 0 bridgehead atoms. The number of hydrogen-bond donors (Lipinski definition) is 1. The molecular weight excluding hydrogens is 324 g/mol. The van der Waals surface area contributed by atoms with E-state index < -0.39 is 0 Å². The quantitative estimate of drug-likeness (QED) is 0.882. The molecular formula is C19H27ClN2O2. The van der Waals surface area contributed by atoms with Gasteiger partial charge in [0, 0.05) is 14.1 Å². The predicted octanol–water partition coefficient (Wildman–Crippen LogP) is 3.59. The largest absolute Gasteiger partial charge is 0.490 e. The minimum atomic E-state index is -0.0859. The number of nitrogens with one attached hydrogen (secondary N) is 1. The summed E-state index contributed by atoms with van der Waals surface area (Å²) in [7, 11) is 3.44. The SMILES string of the molecule is CN(C)C(=O)c1ccc(O[C@H]2C[C@H](CC3CCNCC3)C2)cc1Cl. The zero-order valence-corrected chi connectivity index (χ0v) is 15.3. The van der Waals surface area contributed by atoms with Crippen LogP contribution in [0.4, 0.5) is 0 Å². The molecule has 1 aromatic carbocycles. The number of ether oxygens (including phenoxy) is 1. The van der Waals surface area contributed by atoms with Crippen LogP contribution in [0.2, 0.25) is 5.02 Å². The fraction of sp³-hybridized carbons (Fsp3) is 0.632. The topological polar surface area (TPSA) is 41.6 Å². The molecule has 0 unspecified atom stereocenters. The van der Waals surface area contributed by atoms with Gasteiger partial charge < -0.3 is 15.0 Å². The van der Waals surface area contributed by atoms with Gasteiger partial charge >= 0.3 is 0 Å². The molecule has 0 aromatic heterocycles. The number of carbonyl (C=O) groups is 1. The van der Waals surface area contributed by atoms with Crippen molar-refractivity contribution in [2.45, 2.75) is 38.2 Å². The first-order chi connectivity index (χ1) is 11.5. The molecule has 1 heterocycles. The van der Waals surface area contributed by atoms with Gasteiger partial charge in [0.25, 0.3) is 5.91 Å². The van der Waals surface area contributed by atoms with Crippen molar-refractivity contribution in [3.8, 4) is 5.75 Å². The molecule has 2 fully saturated rings. The molecule has 3 rings (SSSR count). The summed E-state index contributed by atoms with van der Waals surface area (Å²) in [5.74, 6) is 2.38. The van der Waals surface area contributed by atoms with Crippen molar-refractivity contribution >= 4 is 17.5 Å². The van der Waals surface area contributed by atoms with E-state index in [-0.39, 0.29) is 5.91 Å². The van der Waals surface area contributed by atoms with Crippen molar-refractivity contribution in [2.24, 2.45) is 11.8 Å².